The summed E-state index contributed by atoms with van der Waals surface area (Å²) in [5, 5.41) is 0. The van der Waals surface area contributed by atoms with Crippen LogP contribution in [0.2, 0.25) is 0 Å². The molecule has 1 aliphatic rings. The predicted molar refractivity (Wildman–Crippen MR) is 74.7 cm³/mol. The van der Waals surface area contributed by atoms with Crippen LogP contribution >= 0.6 is 0 Å². The third-order valence-electron chi connectivity index (χ3n) is 3.86. The van der Waals surface area contributed by atoms with Crippen molar-refractivity contribution in [2.24, 2.45) is 17.6 Å². The highest BCUT2D eigenvalue weighted by molar-refractivity contribution is 5.78. The van der Waals surface area contributed by atoms with Crippen molar-refractivity contribution in [3.05, 3.63) is 29.8 Å². The van der Waals surface area contributed by atoms with Gasteiger partial charge in [-0.15, -0.1) is 0 Å². The maximum absolute atomic E-state index is 12.0. The number of nitrogens with zero attached hydrogens (tertiary/aromatic N) is 1. The molecule has 2 atom stereocenters. The third kappa shape index (κ3) is 3.47. The van der Waals surface area contributed by atoms with Crippen LogP contribution in [0, 0.1) is 11.8 Å². The highest BCUT2D eigenvalue weighted by atomic mass is 16.5. The molecule has 0 radical (unpaired) electrons. The van der Waals surface area contributed by atoms with Gasteiger partial charge in [-0.25, -0.2) is 0 Å². The number of ether oxygens (including phenoxy) is 1. The lowest BCUT2D eigenvalue weighted by Crippen LogP contribution is -2.33. The molecule has 0 aliphatic carbocycles. The first-order chi connectivity index (χ1) is 9.10. The Morgan fingerprint density at radius 1 is 1.26 bits per heavy atom. The van der Waals surface area contributed by atoms with E-state index in [0.29, 0.717) is 24.1 Å². The average Bonchev–Trinajstić information content (AvgIpc) is 2.77. The van der Waals surface area contributed by atoms with Crippen molar-refractivity contribution in [1.29, 1.82) is 0 Å². The highest BCUT2D eigenvalue weighted by Crippen LogP contribution is 2.22. The normalized spacial score (nSPS) is 22.6. The second kappa shape index (κ2) is 6.06. The van der Waals surface area contributed by atoms with Gasteiger partial charge in [-0.1, -0.05) is 26.0 Å². The molecule has 1 amide bonds. The molecule has 104 valence electrons. The van der Waals surface area contributed by atoms with Crippen molar-refractivity contribution in [1.82, 2.24) is 4.90 Å². The Hall–Kier alpha value is -1.55. The Morgan fingerprint density at radius 3 is 2.37 bits per heavy atom. The predicted octanol–water partition coefficient (Wildman–Crippen LogP) is 1.64. The molecule has 0 aromatic heterocycles. The van der Waals surface area contributed by atoms with Crippen LogP contribution in [-0.2, 0) is 11.3 Å². The fourth-order valence-corrected chi connectivity index (χ4v) is 2.29. The maximum Gasteiger partial charge on any atom is 0.260 e. The van der Waals surface area contributed by atoms with Gasteiger partial charge in [0.15, 0.2) is 6.61 Å². The molecule has 2 rings (SSSR count). The summed E-state index contributed by atoms with van der Waals surface area (Å²) in [5.74, 6) is 1.94. The molecule has 0 spiro atoms. The van der Waals surface area contributed by atoms with Crippen molar-refractivity contribution in [3.63, 3.8) is 0 Å². The third-order valence-corrected chi connectivity index (χ3v) is 3.86. The monoisotopic (exact) mass is 262 g/mol. The fraction of sp³-hybridized carbons (Fsp3) is 0.533. The minimum atomic E-state index is 0.0686. The molecule has 1 saturated heterocycles. The summed E-state index contributed by atoms with van der Waals surface area (Å²) in [6.45, 7) is 6.68. The van der Waals surface area contributed by atoms with Crippen molar-refractivity contribution in [3.8, 4) is 5.75 Å². The van der Waals surface area contributed by atoms with E-state index < -0.39 is 0 Å². The number of nitrogens with two attached hydrogens (primary N) is 1. The summed E-state index contributed by atoms with van der Waals surface area (Å²) in [4.78, 5) is 13.9. The zero-order chi connectivity index (χ0) is 13.8. The summed E-state index contributed by atoms with van der Waals surface area (Å²) in [7, 11) is 0. The Kier molecular flexibility index (Phi) is 4.43. The van der Waals surface area contributed by atoms with E-state index in [9.17, 15) is 4.79 Å². The minimum Gasteiger partial charge on any atom is -0.484 e. The van der Waals surface area contributed by atoms with E-state index in [4.69, 9.17) is 10.5 Å². The molecule has 1 aromatic carbocycles. The van der Waals surface area contributed by atoms with Gasteiger partial charge in [-0.2, -0.15) is 0 Å². The van der Waals surface area contributed by atoms with Crippen LogP contribution in [0.15, 0.2) is 24.3 Å². The van der Waals surface area contributed by atoms with Crippen LogP contribution in [0.4, 0.5) is 0 Å². The smallest absolute Gasteiger partial charge is 0.260 e. The number of benzene rings is 1. The number of amides is 1. The van der Waals surface area contributed by atoms with E-state index in [1.165, 1.54) is 0 Å². The average molecular weight is 262 g/mol. The van der Waals surface area contributed by atoms with E-state index in [-0.39, 0.29) is 12.5 Å². The van der Waals surface area contributed by atoms with E-state index in [0.717, 1.165) is 18.7 Å². The molecule has 2 N–H and O–H groups in total. The summed E-state index contributed by atoms with van der Waals surface area (Å²) in [5.41, 5.74) is 6.59. The first-order valence-electron chi connectivity index (χ1n) is 6.79. The molecule has 19 heavy (non-hydrogen) atoms. The molecule has 4 nitrogen and oxygen atoms in total. The Balaban J connectivity index is 1.83. The van der Waals surface area contributed by atoms with Gasteiger partial charge >= 0.3 is 0 Å². The van der Waals surface area contributed by atoms with Crippen LogP contribution in [-0.4, -0.2) is 30.5 Å². The highest BCUT2D eigenvalue weighted by Gasteiger charge is 2.29. The van der Waals surface area contributed by atoms with Crippen LogP contribution < -0.4 is 10.5 Å². The molecular weight excluding hydrogens is 240 g/mol. The summed E-state index contributed by atoms with van der Waals surface area (Å²) in [6.07, 6.45) is 0. The van der Waals surface area contributed by atoms with Gasteiger partial charge in [0.25, 0.3) is 5.91 Å². The zero-order valence-corrected chi connectivity index (χ0v) is 11.6. The van der Waals surface area contributed by atoms with Crippen molar-refractivity contribution in [2.75, 3.05) is 19.7 Å². The Labute approximate surface area is 114 Å². The largest absolute Gasteiger partial charge is 0.484 e. The zero-order valence-electron chi connectivity index (χ0n) is 11.6. The summed E-state index contributed by atoms with van der Waals surface area (Å²) in [6, 6.07) is 7.54. The SMILES string of the molecule is CC1CN(C(=O)COc2ccc(CN)cc2)CC1C. The standard InChI is InChI=1S/C15H22N2O2/c1-11-8-17(9-12(11)2)15(18)10-19-14-5-3-13(7-16)4-6-14/h3-6,11-12H,7-10,16H2,1-2H3. The number of hydrogen-bond acceptors (Lipinski definition) is 3. The number of likely N-dealkylation sites (tertiary alicyclic amines) is 1. The molecular formula is C15H22N2O2. The second-order valence-corrected chi connectivity index (χ2v) is 5.39. The van der Waals surface area contributed by atoms with Gasteiger partial charge in [-0.3, -0.25) is 4.79 Å². The van der Waals surface area contributed by atoms with Crippen molar-refractivity contribution in [2.45, 2.75) is 20.4 Å². The summed E-state index contributed by atoms with van der Waals surface area (Å²) < 4.78 is 5.52. The fourth-order valence-electron chi connectivity index (χ4n) is 2.29. The Morgan fingerprint density at radius 2 is 1.84 bits per heavy atom. The molecule has 1 fully saturated rings. The molecule has 1 aromatic rings. The molecule has 0 bridgehead atoms. The molecule has 4 heteroatoms. The van der Waals surface area contributed by atoms with E-state index in [2.05, 4.69) is 13.8 Å². The van der Waals surface area contributed by atoms with E-state index in [1.807, 2.05) is 29.2 Å². The number of hydrogen-bond donors (Lipinski definition) is 1. The van der Waals surface area contributed by atoms with Crippen LogP contribution in [0.1, 0.15) is 19.4 Å². The molecule has 2 unspecified atom stereocenters. The number of carbonyl (C=O) groups is 1. The van der Waals surface area contributed by atoms with Gasteiger partial charge in [0, 0.05) is 19.6 Å². The molecule has 0 saturated carbocycles. The van der Waals surface area contributed by atoms with Crippen molar-refractivity contribution < 1.29 is 9.53 Å². The molecule has 1 heterocycles. The topological polar surface area (TPSA) is 55.6 Å². The number of rotatable bonds is 4. The Bertz CT molecular complexity index is 420. The van der Waals surface area contributed by atoms with E-state index in [1.54, 1.807) is 0 Å². The van der Waals surface area contributed by atoms with Crippen molar-refractivity contribution >= 4 is 5.91 Å². The van der Waals surface area contributed by atoms with Gasteiger partial charge in [0.05, 0.1) is 0 Å². The van der Waals surface area contributed by atoms with E-state index >= 15 is 0 Å². The first kappa shape index (κ1) is 13.9. The maximum atomic E-state index is 12.0. The lowest BCUT2D eigenvalue weighted by atomic mass is 10.0. The van der Waals surface area contributed by atoms with Crippen LogP contribution in [0.25, 0.3) is 0 Å². The van der Waals surface area contributed by atoms with Gasteiger partial charge in [-0.05, 0) is 29.5 Å². The quantitative estimate of drug-likeness (QED) is 0.897. The van der Waals surface area contributed by atoms with Gasteiger partial charge in [0.2, 0.25) is 0 Å². The number of carbonyl (C=O) groups excluding carboxylic acids is 1. The summed E-state index contributed by atoms with van der Waals surface area (Å²) >= 11 is 0. The van der Waals surface area contributed by atoms with Crippen LogP contribution in [0.5, 0.6) is 5.75 Å². The lowest BCUT2D eigenvalue weighted by molar-refractivity contribution is -0.132. The molecule has 1 aliphatic heterocycles. The lowest BCUT2D eigenvalue weighted by Gasteiger charge is -2.16. The van der Waals surface area contributed by atoms with Gasteiger partial charge in [0.1, 0.15) is 5.75 Å². The van der Waals surface area contributed by atoms with Crippen LogP contribution in [0.3, 0.4) is 0 Å². The second-order valence-electron chi connectivity index (χ2n) is 5.39. The minimum absolute atomic E-state index is 0.0686. The first-order valence-corrected chi connectivity index (χ1v) is 6.79. The van der Waals surface area contributed by atoms with Gasteiger partial charge < -0.3 is 15.4 Å².